The van der Waals surface area contributed by atoms with Gasteiger partial charge in [0.1, 0.15) is 5.82 Å². The third-order valence-electron chi connectivity index (χ3n) is 1.35. The van der Waals surface area contributed by atoms with E-state index in [2.05, 4.69) is 34.2 Å². The number of hydrogen-bond acceptors (Lipinski definition) is 4. The van der Waals surface area contributed by atoms with Crippen molar-refractivity contribution >= 4 is 11.8 Å². The first-order chi connectivity index (χ1) is 5.68. The number of rotatable bonds is 4. The molecule has 12 heavy (non-hydrogen) atoms. The third kappa shape index (κ3) is 3.23. The lowest BCUT2D eigenvalue weighted by molar-refractivity contribution is 0.437. The summed E-state index contributed by atoms with van der Waals surface area (Å²) in [6.45, 7) is 2.96. The largest absolute Gasteiger partial charge is 0.309 e. The summed E-state index contributed by atoms with van der Waals surface area (Å²) in [5, 5.41) is 7.67. The molecule has 68 valence electrons. The molecule has 0 unspecified atom stereocenters. The van der Waals surface area contributed by atoms with Crippen LogP contribution in [0.2, 0.25) is 0 Å². The van der Waals surface area contributed by atoms with Crippen LogP contribution in [0.3, 0.4) is 0 Å². The zero-order valence-corrected chi connectivity index (χ0v) is 8.48. The van der Waals surface area contributed by atoms with E-state index in [0.717, 1.165) is 23.3 Å². The van der Waals surface area contributed by atoms with Gasteiger partial charge in [-0.05, 0) is 21.0 Å². The van der Waals surface area contributed by atoms with Gasteiger partial charge in [0.15, 0.2) is 0 Å². The molecule has 1 N–H and O–H groups in total. The Morgan fingerprint density at radius 1 is 1.50 bits per heavy atom. The normalized spacial score (nSPS) is 11.0. The van der Waals surface area contributed by atoms with Gasteiger partial charge >= 0.3 is 0 Å². The van der Waals surface area contributed by atoms with Gasteiger partial charge in [-0.15, -0.1) is 5.10 Å². The molecule has 1 rings (SSSR count). The molecule has 0 radical (unpaired) electrons. The van der Waals surface area contributed by atoms with Gasteiger partial charge in [0.05, 0.1) is 0 Å². The minimum absolute atomic E-state index is 0.842. The van der Waals surface area contributed by atoms with Crippen LogP contribution in [-0.2, 0) is 0 Å². The molecule has 1 aromatic rings. The molecule has 0 aliphatic heterocycles. The summed E-state index contributed by atoms with van der Waals surface area (Å²) in [5.74, 6) is 1.91. The molecule has 1 aromatic heterocycles. The van der Waals surface area contributed by atoms with E-state index in [1.54, 1.807) is 11.8 Å². The highest BCUT2D eigenvalue weighted by Gasteiger charge is 1.99. The molecule has 0 aliphatic rings. The summed E-state index contributed by atoms with van der Waals surface area (Å²) >= 11 is 1.67. The molecule has 4 nitrogen and oxygen atoms in total. The molecule has 5 heteroatoms. The summed E-state index contributed by atoms with van der Waals surface area (Å²) < 4.78 is 0. The Labute approximate surface area is 76.8 Å². The Balaban J connectivity index is 2.24. The highest BCUT2D eigenvalue weighted by Crippen LogP contribution is 2.10. The van der Waals surface area contributed by atoms with Crippen molar-refractivity contribution < 1.29 is 0 Å². The predicted octanol–water partition coefficient (Wildman–Crippen LogP) is 0.767. The van der Waals surface area contributed by atoms with E-state index in [1.165, 1.54) is 0 Å². The van der Waals surface area contributed by atoms with Gasteiger partial charge in [0.2, 0.25) is 5.16 Å². The van der Waals surface area contributed by atoms with Crippen LogP contribution >= 0.6 is 11.8 Å². The molecule has 0 amide bonds. The summed E-state index contributed by atoms with van der Waals surface area (Å²) in [5.41, 5.74) is 0. The van der Waals surface area contributed by atoms with Crippen molar-refractivity contribution in [1.29, 1.82) is 0 Å². The molecule has 0 aromatic carbocycles. The fourth-order valence-electron chi connectivity index (χ4n) is 0.706. The van der Waals surface area contributed by atoms with Crippen molar-refractivity contribution in [3.63, 3.8) is 0 Å². The summed E-state index contributed by atoms with van der Waals surface area (Å²) in [7, 11) is 4.12. The van der Waals surface area contributed by atoms with Gasteiger partial charge in [0, 0.05) is 12.3 Å². The highest BCUT2D eigenvalue weighted by atomic mass is 32.2. The average Bonchev–Trinajstić information content (AvgIpc) is 2.35. The fourth-order valence-corrected chi connectivity index (χ4v) is 1.66. The van der Waals surface area contributed by atoms with Crippen molar-refractivity contribution in [3.05, 3.63) is 5.82 Å². The number of nitrogens with one attached hydrogen (secondary N) is 1. The van der Waals surface area contributed by atoms with E-state index in [1.807, 2.05) is 6.92 Å². The molecule has 0 saturated carbocycles. The number of aromatic amines is 1. The Morgan fingerprint density at radius 3 is 2.75 bits per heavy atom. The first-order valence-electron chi connectivity index (χ1n) is 3.85. The van der Waals surface area contributed by atoms with Crippen molar-refractivity contribution in [2.45, 2.75) is 12.1 Å². The van der Waals surface area contributed by atoms with Gasteiger partial charge < -0.3 is 4.90 Å². The van der Waals surface area contributed by atoms with E-state index in [-0.39, 0.29) is 0 Å². The first-order valence-corrected chi connectivity index (χ1v) is 4.83. The van der Waals surface area contributed by atoms with Crippen LogP contribution in [0, 0.1) is 6.92 Å². The maximum Gasteiger partial charge on any atom is 0.208 e. The topological polar surface area (TPSA) is 44.8 Å². The van der Waals surface area contributed by atoms with E-state index in [9.17, 15) is 0 Å². The van der Waals surface area contributed by atoms with Crippen LogP contribution in [0.25, 0.3) is 0 Å². The van der Waals surface area contributed by atoms with Crippen LogP contribution in [0.4, 0.5) is 0 Å². The SMILES string of the molecule is Cc1nc(SCCN(C)C)n[nH]1. The van der Waals surface area contributed by atoms with E-state index < -0.39 is 0 Å². The second-order valence-corrected chi connectivity index (χ2v) is 3.92. The second kappa shape index (κ2) is 4.47. The number of aryl methyl sites for hydroxylation is 1. The highest BCUT2D eigenvalue weighted by molar-refractivity contribution is 7.99. The quantitative estimate of drug-likeness (QED) is 0.705. The lowest BCUT2D eigenvalue weighted by Gasteiger charge is -2.06. The van der Waals surface area contributed by atoms with Crippen LogP contribution in [0.15, 0.2) is 5.16 Å². The van der Waals surface area contributed by atoms with Crippen LogP contribution in [0.1, 0.15) is 5.82 Å². The maximum atomic E-state index is 4.19. The first kappa shape index (κ1) is 9.54. The van der Waals surface area contributed by atoms with Crippen LogP contribution in [0.5, 0.6) is 0 Å². The molecule has 0 aliphatic carbocycles. The number of H-pyrrole nitrogens is 1. The van der Waals surface area contributed by atoms with Gasteiger partial charge in [-0.2, -0.15) is 0 Å². The molecule has 0 atom stereocenters. The zero-order chi connectivity index (χ0) is 8.97. The van der Waals surface area contributed by atoms with Crippen molar-refractivity contribution in [2.75, 3.05) is 26.4 Å². The number of aromatic nitrogens is 3. The van der Waals surface area contributed by atoms with Crippen molar-refractivity contribution in [2.24, 2.45) is 0 Å². The Kier molecular flexibility index (Phi) is 3.55. The summed E-state index contributed by atoms with van der Waals surface area (Å²) in [4.78, 5) is 6.33. The lowest BCUT2D eigenvalue weighted by Crippen LogP contribution is -2.14. The third-order valence-corrected chi connectivity index (χ3v) is 2.17. The molecule has 0 spiro atoms. The smallest absolute Gasteiger partial charge is 0.208 e. The standard InChI is InChI=1S/C7H14N4S/c1-6-8-7(10-9-6)12-5-4-11(2)3/h4-5H2,1-3H3,(H,8,9,10). The average molecular weight is 186 g/mol. The lowest BCUT2D eigenvalue weighted by atomic mass is 10.7. The predicted molar refractivity (Wildman–Crippen MR) is 50.4 cm³/mol. The Morgan fingerprint density at radius 2 is 2.25 bits per heavy atom. The van der Waals surface area contributed by atoms with Crippen molar-refractivity contribution in [1.82, 2.24) is 20.1 Å². The van der Waals surface area contributed by atoms with E-state index in [0.29, 0.717) is 0 Å². The van der Waals surface area contributed by atoms with E-state index in [4.69, 9.17) is 0 Å². The number of nitrogens with zero attached hydrogens (tertiary/aromatic N) is 3. The summed E-state index contributed by atoms with van der Waals surface area (Å²) in [6.07, 6.45) is 0. The number of hydrogen-bond donors (Lipinski definition) is 1. The molecule has 0 saturated heterocycles. The van der Waals surface area contributed by atoms with Crippen LogP contribution in [-0.4, -0.2) is 46.5 Å². The van der Waals surface area contributed by atoms with Gasteiger partial charge in [-0.1, -0.05) is 11.8 Å². The molecule has 0 fully saturated rings. The minimum Gasteiger partial charge on any atom is -0.309 e. The summed E-state index contributed by atoms with van der Waals surface area (Å²) in [6, 6.07) is 0. The van der Waals surface area contributed by atoms with Crippen LogP contribution < -0.4 is 0 Å². The van der Waals surface area contributed by atoms with E-state index >= 15 is 0 Å². The van der Waals surface area contributed by atoms with Gasteiger partial charge in [-0.3, -0.25) is 5.10 Å². The zero-order valence-electron chi connectivity index (χ0n) is 7.66. The Bertz CT molecular complexity index is 233. The minimum atomic E-state index is 0.842. The maximum absolute atomic E-state index is 4.19. The van der Waals surface area contributed by atoms with Gasteiger partial charge in [0.25, 0.3) is 0 Å². The number of thioether (sulfide) groups is 1. The monoisotopic (exact) mass is 186 g/mol. The molecule has 0 bridgehead atoms. The molecular formula is C7H14N4S. The molecular weight excluding hydrogens is 172 g/mol. The Hall–Kier alpha value is -0.550. The second-order valence-electron chi connectivity index (χ2n) is 2.86. The molecule has 1 heterocycles. The van der Waals surface area contributed by atoms with Gasteiger partial charge in [-0.25, -0.2) is 4.98 Å². The van der Waals surface area contributed by atoms with Crippen molar-refractivity contribution in [3.8, 4) is 0 Å². The fraction of sp³-hybridized carbons (Fsp3) is 0.714.